The second-order valence-electron chi connectivity index (χ2n) is 2.81. The summed E-state index contributed by atoms with van der Waals surface area (Å²) in [6.07, 6.45) is 1.26. The molecule has 0 aromatic carbocycles. The summed E-state index contributed by atoms with van der Waals surface area (Å²) in [6, 6.07) is 0. The van der Waals surface area contributed by atoms with Crippen LogP contribution >= 0.6 is 0 Å². The molecule has 0 heterocycles. The summed E-state index contributed by atoms with van der Waals surface area (Å²) in [4.78, 5) is 11.0. The molecule has 0 radical (unpaired) electrons. The molecule has 0 bridgehead atoms. The topological polar surface area (TPSA) is 49.8 Å². The molecule has 0 saturated carbocycles. The number of hydroxylamine groups is 2. The van der Waals surface area contributed by atoms with Gasteiger partial charge in [0.15, 0.2) is 0 Å². The van der Waals surface area contributed by atoms with Crippen LogP contribution in [0.3, 0.4) is 0 Å². The average molecular weight is 187 g/mol. The quantitative estimate of drug-likeness (QED) is 0.386. The van der Waals surface area contributed by atoms with Crippen LogP contribution in [0.1, 0.15) is 19.8 Å². The van der Waals surface area contributed by atoms with E-state index in [0.717, 1.165) is 5.06 Å². The summed E-state index contributed by atoms with van der Waals surface area (Å²) in [5.74, 6) is -0.344. The molecule has 0 aliphatic carbocycles. The highest BCUT2D eigenvalue weighted by Gasteiger charge is 2.06. The molecule has 0 aromatic rings. The van der Waals surface area contributed by atoms with Crippen molar-refractivity contribution in [1.29, 1.82) is 0 Å². The zero-order valence-electron chi connectivity index (χ0n) is 8.25. The third kappa shape index (κ3) is 6.31. The van der Waals surface area contributed by atoms with E-state index in [1.807, 2.05) is 0 Å². The molecule has 0 fully saturated rings. The summed E-state index contributed by atoms with van der Waals surface area (Å²) >= 11 is 0. The number of nitrogens with zero attached hydrogens (tertiary/aromatic N) is 1. The molecule has 4 heteroatoms. The molecule has 0 spiro atoms. The number of hydrogen-bond acceptors (Lipinski definition) is 4. The van der Waals surface area contributed by atoms with E-state index in [2.05, 4.69) is 6.58 Å². The van der Waals surface area contributed by atoms with Gasteiger partial charge in [0, 0.05) is 19.2 Å². The molecule has 0 aliphatic heterocycles. The average Bonchev–Trinajstić information content (AvgIpc) is 2.04. The molecule has 0 unspecified atom stereocenters. The number of ether oxygens (including phenoxy) is 1. The summed E-state index contributed by atoms with van der Waals surface area (Å²) in [6.45, 7) is 6.25. The van der Waals surface area contributed by atoms with Gasteiger partial charge in [0.1, 0.15) is 0 Å². The van der Waals surface area contributed by atoms with Crippen LogP contribution in [0.15, 0.2) is 12.2 Å². The molecule has 4 nitrogen and oxygen atoms in total. The van der Waals surface area contributed by atoms with Crippen molar-refractivity contribution < 1.29 is 14.7 Å². The molecule has 13 heavy (non-hydrogen) atoms. The van der Waals surface area contributed by atoms with Crippen LogP contribution in [-0.4, -0.2) is 36.4 Å². The fourth-order valence-electron chi connectivity index (χ4n) is 0.856. The van der Waals surface area contributed by atoms with E-state index in [9.17, 15) is 4.79 Å². The molecule has 1 N–H and O–H groups in total. The lowest BCUT2D eigenvalue weighted by atomic mass is 10.1. The lowest BCUT2D eigenvalue weighted by Crippen LogP contribution is -2.15. The fourth-order valence-corrected chi connectivity index (χ4v) is 0.856. The second kappa shape index (κ2) is 6.62. The van der Waals surface area contributed by atoms with Gasteiger partial charge in [0.25, 0.3) is 0 Å². The lowest BCUT2D eigenvalue weighted by molar-refractivity contribution is -0.138. The molecular weight excluding hydrogens is 170 g/mol. The van der Waals surface area contributed by atoms with Gasteiger partial charge in [0.2, 0.25) is 0 Å². The Morgan fingerprint density at radius 3 is 2.69 bits per heavy atom. The van der Waals surface area contributed by atoms with E-state index in [0.29, 0.717) is 31.6 Å². The number of esters is 1. The third-order valence-corrected chi connectivity index (χ3v) is 1.52. The van der Waals surface area contributed by atoms with Gasteiger partial charge in [-0.15, -0.1) is 0 Å². The first kappa shape index (κ1) is 12.1. The van der Waals surface area contributed by atoms with E-state index in [1.165, 1.54) is 0 Å². The summed E-state index contributed by atoms with van der Waals surface area (Å²) in [5.41, 5.74) is 0.462. The molecule has 0 amide bonds. The second-order valence-corrected chi connectivity index (χ2v) is 2.81. The molecule has 0 rings (SSSR count). The molecule has 0 atom stereocenters. The van der Waals surface area contributed by atoms with Gasteiger partial charge >= 0.3 is 5.97 Å². The lowest BCUT2D eigenvalue weighted by Gasteiger charge is -2.08. The van der Waals surface area contributed by atoms with Crippen LogP contribution in [0.5, 0.6) is 0 Å². The number of rotatable bonds is 6. The maximum absolute atomic E-state index is 11.0. The first-order chi connectivity index (χ1) is 6.07. The van der Waals surface area contributed by atoms with Crippen LogP contribution in [0, 0.1) is 0 Å². The van der Waals surface area contributed by atoms with Gasteiger partial charge in [-0.2, -0.15) is 5.06 Å². The van der Waals surface area contributed by atoms with E-state index < -0.39 is 0 Å². The van der Waals surface area contributed by atoms with E-state index in [4.69, 9.17) is 9.94 Å². The normalized spacial score (nSPS) is 10.2. The fraction of sp³-hybridized carbons (Fsp3) is 0.667. The summed E-state index contributed by atoms with van der Waals surface area (Å²) in [7, 11) is 1.56. The Balaban J connectivity index is 3.56. The van der Waals surface area contributed by atoms with Crippen molar-refractivity contribution in [1.82, 2.24) is 5.06 Å². The van der Waals surface area contributed by atoms with Gasteiger partial charge in [-0.25, -0.2) is 4.79 Å². The van der Waals surface area contributed by atoms with Crippen LogP contribution in [0.4, 0.5) is 0 Å². The van der Waals surface area contributed by atoms with Crippen molar-refractivity contribution in [2.24, 2.45) is 0 Å². The molecular formula is C9H17NO3. The van der Waals surface area contributed by atoms with Gasteiger partial charge in [0.05, 0.1) is 6.61 Å². The Kier molecular flexibility index (Phi) is 6.18. The highest BCUT2D eigenvalue weighted by molar-refractivity contribution is 5.87. The Hall–Kier alpha value is -0.870. The van der Waals surface area contributed by atoms with Crippen molar-refractivity contribution in [3.05, 3.63) is 12.2 Å². The molecule has 0 aromatic heterocycles. The first-order valence-electron chi connectivity index (χ1n) is 4.32. The Morgan fingerprint density at radius 1 is 1.62 bits per heavy atom. The Labute approximate surface area is 78.8 Å². The molecule has 0 saturated heterocycles. The van der Waals surface area contributed by atoms with Crippen LogP contribution in [0.25, 0.3) is 0 Å². The van der Waals surface area contributed by atoms with Crippen molar-refractivity contribution in [3.63, 3.8) is 0 Å². The SMILES string of the molecule is C=C(CCCN(C)O)C(=O)OCC. The largest absolute Gasteiger partial charge is 0.463 e. The third-order valence-electron chi connectivity index (χ3n) is 1.52. The zero-order chi connectivity index (χ0) is 10.3. The van der Waals surface area contributed by atoms with Gasteiger partial charge in [-0.3, -0.25) is 0 Å². The minimum Gasteiger partial charge on any atom is -0.463 e. The van der Waals surface area contributed by atoms with E-state index in [1.54, 1.807) is 14.0 Å². The van der Waals surface area contributed by atoms with Crippen molar-refractivity contribution in [2.45, 2.75) is 19.8 Å². The van der Waals surface area contributed by atoms with Gasteiger partial charge in [-0.1, -0.05) is 6.58 Å². The Morgan fingerprint density at radius 2 is 2.23 bits per heavy atom. The van der Waals surface area contributed by atoms with Crippen molar-refractivity contribution >= 4 is 5.97 Å². The predicted octanol–water partition coefficient (Wildman–Crippen LogP) is 1.21. The maximum atomic E-state index is 11.0. The number of carbonyl (C=O) groups excluding carboxylic acids is 1. The van der Waals surface area contributed by atoms with E-state index >= 15 is 0 Å². The van der Waals surface area contributed by atoms with Gasteiger partial charge < -0.3 is 9.94 Å². The monoisotopic (exact) mass is 187 g/mol. The number of hydrogen-bond donors (Lipinski definition) is 1. The smallest absolute Gasteiger partial charge is 0.333 e. The predicted molar refractivity (Wildman–Crippen MR) is 49.4 cm³/mol. The summed E-state index contributed by atoms with van der Waals surface area (Å²) < 4.78 is 4.75. The minimum absolute atomic E-state index is 0.344. The van der Waals surface area contributed by atoms with Gasteiger partial charge in [-0.05, 0) is 19.8 Å². The van der Waals surface area contributed by atoms with Crippen molar-refractivity contribution in [2.75, 3.05) is 20.2 Å². The standard InChI is InChI=1S/C9H17NO3/c1-4-13-9(11)8(2)6-5-7-10(3)12/h12H,2,4-7H2,1,3H3. The molecule has 0 aliphatic rings. The minimum atomic E-state index is -0.344. The number of carbonyl (C=O) groups is 1. The van der Waals surface area contributed by atoms with Crippen LogP contribution in [-0.2, 0) is 9.53 Å². The first-order valence-corrected chi connectivity index (χ1v) is 4.32. The van der Waals surface area contributed by atoms with Crippen LogP contribution < -0.4 is 0 Å². The molecule has 76 valence electrons. The maximum Gasteiger partial charge on any atom is 0.333 e. The van der Waals surface area contributed by atoms with E-state index in [-0.39, 0.29) is 5.97 Å². The highest BCUT2D eigenvalue weighted by Crippen LogP contribution is 2.04. The highest BCUT2D eigenvalue weighted by atomic mass is 16.5. The Bertz CT molecular complexity index is 178. The van der Waals surface area contributed by atoms with Crippen molar-refractivity contribution in [3.8, 4) is 0 Å². The summed E-state index contributed by atoms with van der Waals surface area (Å²) in [5, 5.41) is 9.88. The van der Waals surface area contributed by atoms with Crippen LogP contribution in [0.2, 0.25) is 0 Å². The zero-order valence-corrected chi connectivity index (χ0v) is 8.25.